The summed E-state index contributed by atoms with van der Waals surface area (Å²) in [6.45, 7) is 1.33. The van der Waals surface area contributed by atoms with Crippen LogP contribution < -0.4 is 10.6 Å². The van der Waals surface area contributed by atoms with Crippen molar-refractivity contribution >= 4 is 15.4 Å². The van der Waals surface area contributed by atoms with Crippen LogP contribution in [0.1, 0.15) is 6.42 Å². The standard InChI is InChI=1S/C9H19BNO6P/c1-18(13,14)17-7-6(5-12)16-9(10)8(7)15-4-2-3-11/h6-9,12H,2-5,11H2,1H3,(H,13,14)/p-1/t6-,7?,8?,9-/m1/s1. The maximum atomic E-state index is 11.2. The van der Waals surface area contributed by atoms with Gasteiger partial charge in [-0.25, -0.2) is 0 Å². The van der Waals surface area contributed by atoms with Crippen molar-refractivity contribution in [2.75, 3.05) is 26.4 Å². The fourth-order valence-electron chi connectivity index (χ4n) is 1.74. The molecular formula is C9H18BNO6P-. The Morgan fingerprint density at radius 2 is 2.22 bits per heavy atom. The second kappa shape index (κ2) is 7.00. The highest BCUT2D eigenvalue weighted by molar-refractivity contribution is 7.50. The van der Waals surface area contributed by atoms with Crippen molar-refractivity contribution in [3.05, 3.63) is 0 Å². The van der Waals surface area contributed by atoms with Crippen LogP contribution in [0.5, 0.6) is 0 Å². The van der Waals surface area contributed by atoms with Gasteiger partial charge in [-0.15, -0.1) is 0 Å². The number of ether oxygens (including phenoxy) is 2. The van der Waals surface area contributed by atoms with Crippen molar-refractivity contribution in [1.29, 1.82) is 0 Å². The molecule has 2 radical (unpaired) electrons. The minimum atomic E-state index is -3.97. The van der Waals surface area contributed by atoms with Gasteiger partial charge >= 0.3 is 0 Å². The molecule has 0 spiro atoms. The quantitative estimate of drug-likeness (QED) is 0.320. The Balaban J connectivity index is 2.67. The molecule has 3 N–H and O–H groups in total. The van der Waals surface area contributed by atoms with Gasteiger partial charge in [-0.2, -0.15) is 0 Å². The Bertz CT molecular complexity index is 301. The molecule has 3 unspecified atom stereocenters. The van der Waals surface area contributed by atoms with Gasteiger partial charge in [-0.3, -0.25) is 0 Å². The SMILES string of the molecule is [B][C@@H]1O[C@H](CO)C(OP(C)(=O)[O-])C1OCCCN. The topological polar surface area (TPSA) is 114 Å². The number of hydrogen-bond donors (Lipinski definition) is 2. The molecular weight excluding hydrogens is 260 g/mol. The second-order valence-electron chi connectivity index (χ2n) is 4.14. The minimum Gasteiger partial charge on any atom is -0.779 e. The van der Waals surface area contributed by atoms with E-state index in [4.69, 9.17) is 32.7 Å². The first-order valence-electron chi connectivity index (χ1n) is 5.69. The lowest BCUT2D eigenvalue weighted by Gasteiger charge is -2.29. The number of nitrogens with two attached hydrogens (primary N) is 1. The first-order chi connectivity index (χ1) is 8.39. The Hall–Kier alpha value is 0.0549. The molecule has 7 nitrogen and oxygen atoms in total. The molecule has 0 bridgehead atoms. The fourth-order valence-corrected chi connectivity index (χ4v) is 2.44. The summed E-state index contributed by atoms with van der Waals surface area (Å²) in [7, 11) is 1.71. The van der Waals surface area contributed by atoms with E-state index >= 15 is 0 Å². The molecule has 1 aliphatic rings. The second-order valence-corrected chi connectivity index (χ2v) is 5.89. The lowest BCUT2D eigenvalue weighted by molar-refractivity contribution is -0.205. The number of hydrogen-bond acceptors (Lipinski definition) is 7. The third-order valence-electron chi connectivity index (χ3n) is 2.50. The smallest absolute Gasteiger partial charge is 0.132 e. The van der Waals surface area contributed by atoms with Crippen LogP contribution in [0.2, 0.25) is 0 Å². The van der Waals surface area contributed by atoms with Crippen LogP contribution in [-0.4, -0.2) is 63.7 Å². The predicted molar refractivity (Wildman–Crippen MR) is 63.3 cm³/mol. The minimum absolute atomic E-state index is 0.323. The van der Waals surface area contributed by atoms with E-state index in [1.54, 1.807) is 0 Å². The van der Waals surface area contributed by atoms with E-state index in [-0.39, 0.29) is 0 Å². The van der Waals surface area contributed by atoms with E-state index < -0.39 is 38.5 Å². The van der Waals surface area contributed by atoms with E-state index in [0.29, 0.717) is 19.6 Å². The average Bonchev–Trinajstić information content (AvgIpc) is 2.54. The van der Waals surface area contributed by atoms with Crippen molar-refractivity contribution in [3.8, 4) is 0 Å². The molecule has 1 saturated heterocycles. The largest absolute Gasteiger partial charge is 0.779 e. The van der Waals surface area contributed by atoms with Gasteiger partial charge in [0.25, 0.3) is 0 Å². The molecule has 0 aliphatic carbocycles. The zero-order valence-electron chi connectivity index (χ0n) is 10.2. The van der Waals surface area contributed by atoms with Gasteiger partial charge in [-0.1, -0.05) is 0 Å². The van der Waals surface area contributed by atoms with E-state index in [2.05, 4.69) is 0 Å². The first-order valence-corrected chi connectivity index (χ1v) is 7.68. The van der Waals surface area contributed by atoms with E-state index in [0.717, 1.165) is 6.66 Å². The van der Waals surface area contributed by atoms with Crippen molar-refractivity contribution in [1.82, 2.24) is 0 Å². The third kappa shape index (κ3) is 4.62. The molecule has 0 amide bonds. The molecule has 0 aromatic carbocycles. The monoisotopic (exact) mass is 278 g/mol. The van der Waals surface area contributed by atoms with Crippen molar-refractivity contribution in [2.45, 2.75) is 30.7 Å². The lowest BCUT2D eigenvalue weighted by Crippen LogP contribution is -2.39. The van der Waals surface area contributed by atoms with E-state index in [1.807, 2.05) is 0 Å². The average molecular weight is 278 g/mol. The first kappa shape index (κ1) is 16.1. The van der Waals surface area contributed by atoms with Gasteiger partial charge in [-0.05, 0) is 13.0 Å². The summed E-state index contributed by atoms with van der Waals surface area (Å²) in [5.74, 6) is 0. The highest BCUT2D eigenvalue weighted by Gasteiger charge is 2.44. The van der Waals surface area contributed by atoms with Crippen LogP contribution in [-0.2, 0) is 18.6 Å². The van der Waals surface area contributed by atoms with Crippen molar-refractivity contribution in [2.24, 2.45) is 5.73 Å². The maximum absolute atomic E-state index is 11.2. The molecule has 1 fully saturated rings. The molecule has 5 atom stereocenters. The van der Waals surface area contributed by atoms with Crippen molar-refractivity contribution in [3.63, 3.8) is 0 Å². The summed E-state index contributed by atoms with van der Waals surface area (Å²) in [4.78, 5) is 11.2. The van der Waals surface area contributed by atoms with Crippen LogP contribution in [0.3, 0.4) is 0 Å². The van der Waals surface area contributed by atoms with Crippen LogP contribution in [0, 0.1) is 0 Å². The summed E-state index contributed by atoms with van der Waals surface area (Å²) < 4.78 is 26.7. The zero-order valence-corrected chi connectivity index (χ0v) is 11.1. The predicted octanol–water partition coefficient (Wildman–Crippen LogP) is -1.83. The number of aliphatic hydroxyl groups is 1. The number of aliphatic hydroxyl groups excluding tert-OH is 1. The van der Waals surface area contributed by atoms with Crippen molar-refractivity contribution < 1.29 is 28.6 Å². The molecule has 0 saturated carbocycles. The lowest BCUT2D eigenvalue weighted by atomic mass is 9.93. The Labute approximate surface area is 108 Å². The summed E-state index contributed by atoms with van der Waals surface area (Å²) in [6.07, 6.45) is -1.88. The number of rotatable bonds is 7. The highest BCUT2D eigenvalue weighted by atomic mass is 31.2. The zero-order chi connectivity index (χ0) is 13.8. The molecule has 1 aliphatic heterocycles. The van der Waals surface area contributed by atoms with E-state index in [1.165, 1.54) is 0 Å². The van der Waals surface area contributed by atoms with Crippen LogP contribution in [0.4, 0.5) is 0 Å². The molecule has 104 valence electrons. The summed E-state index contributed by atoms with van der Waals surface area (Å²) >= 11 is 0. The summed E-state index contributed by atoms with van der Waals surface area (Å²) in [6, 6.07) is -0.837. The maximum Gasteiger partial charge on any atom is 0.132 e. The van der Waals surface area contributed by atoms with Gasteiger partial charge in [0.05, 0.1) is 6.61 Å². The van der Waals surface area contributed by atoms with E-state index in [9.17, 15) is 9.46 Å². The van der Waals surface area contributed by atoms with Gasteiger partial charge in [0, 0.05) is 19.3 Å². The van der Waals surface area contributed by atoms with Gasteiger partial charge in [0.15, 0.2) is 0 Å². The Morgan fingerprint density at radius 1 is 1.56 bits per heavy atom. The van der Waals surface area contributed by atoms with Gasteiger partial charge < -0.3 is 34.3 Å². The van der Waals surface area contributed by atoms with Gasteiger partial charge in [0.1, 0.15) is 33.8 Å². The molecule has 9 heteroatoms. The summed E-state index contributed by atoms with van der Waals surface area (Å²) in [5.41, 5.74) is 5.33. The highest BCUT2D eigenvalue weighted by Crippen LogP contribution is 2.39. The molecule has 0 aromatic rings. The van der Waals surface area contributed by atoms with Crippen LogP contribution in [0.25, 0.3) is 0 Å². The Morgan fingerprint density at radius 3 is 2.72 bits per heavy atom. The summed E-state index contributed by atoms with van der Waals surface area (Å²) in [5, 5.41) is 9.11. The van der Waals surface area contributed by atoms with Gasteiger partial charge in [0.2, 0.25) is 0 Å². The molecule has 1 heterocycles. The molecule has 18 heavy (non-hydrogen) atoms. The third-order valence-corrected chi connectivity index (χ3v) is 3.12. The Kier molecular flexibility index (Phi) is 6.27. The molecule has 1 rings (SSSR count). The van der Waals surface area contributed by atoms with Crippen LogP contribution >= 0.6 is 7.60 Å². The van der Waals surface area contributed by atoms with Crippen LogP contribution in [0.15, 0.2) is 0 Å². The molecule has 0 aromatic heterocycles. The normalized spacial score (nSPS) is 35.6. The fraction of sp³-hybridized carbons (Fsp3) is 1.00.